The van der Waals surface area contributed by atoms with Gasteiger partial charge in [-0.05, 0) is 31.0 Å². The van der Waals surface area contributed by atoms with Crippen LogP contribution in [0.1, 0.15) is 18.9 Å². The molecule has 0 radical (unpaired) electrons. The van der Waals surface area contributed by atoms with Gasteiger partial charge in [0.25, 0.3) is 0 Å². The molecule has 1 saturated carbocycles. The molecule has 0 bridgehead atoms. The van der Waals surface area contributed by atoms with Crippen LogP contribution in [0.4, 0.5) is 11.4 Å². The number of aliphatic carboxylic acids is 1. The van der Waals surface area contributed by atoms with Gasteiger partial charge in [-0.1, -0.05) is 6.07 Å². The third-order valence-corrected chi connectivity index (χ3v) is 3.26. The van der Waals surface area contributed by atoms with Crippen LogP contribution >= 0.6 is 0 Å². The Morgan fingerprint density at radius 3 is 2.45 bits per heavy atom. The highest BCUT2D eigenvalue weighted by atomic mass is 16.4. The third-order valence-electron chi connectivity index (χ3n) is 3.26. The number of hydrogen-bond donors (Lipinski definition) is 3. The molecule has 0 aliphatic heterocycles. The number of nitrogens with one attached hydrogen (secondary N) is 2. The summed E-state index contributed by atoms with van der Waals surface area (Å²) in [5.41, 5.74) is 2.02. The number of anilines is 2. The van der Waals surface area contributed by atoms with Crippen LogP contribution in [-0.4, -0.2) is 22.9 Å². The van der Waals surface area contributed by atoms with Gasteiger partial charge in [0.15, 0.2) is 0 Å². The standard InChI is InChI=1S/C14H16N2O4/c1-7-3-4-9(15-8(2)17)5-12(7)16-13(18)10-6-11(10)14(19)20/h3-5,10-11H,6H2,1-2H3,(H,15,17)(H,16,18)(H,19,20)/t10-,11+/m1/s1. The second-order valence-electron chi connectivity index (χ2n) is 4.99. The number of benzene rings is 1. The van der Waals surface area contributed by atoms with E-state index in [0.717, 1.165) is 5.56 Å². The molecule has 6 heteroatoms. The van der Waals surface area contributed by atoms with E-state index in [9.17, 15) is 14.4 Å². The van der Waals surface area contributed by atoms with E-state index in [1.807, 2.05) is 6.92 Å². The minimum absolute atomic E-state index is 0.195. The molecule has 0 heterocycles. The van der Waals surface area contributed by atoms with Crippen LogP contribution in [0.25, 0.3) is 0 Å². The molecular weight excluding hydrogens is 260 g/mol. The van der Waals surface area contributed by atoms with E-state index in [0.29, 0.717) is 17.8 Å². The minimum Gasteiger partial charge on any atom is -0.481 e. The topological polar surface area (TPSA) is 95.5 Å². The van der Waals surface area contributed by atoms with Gasteiger partial charge < -0.3 is 15.7 Å². The highest BCUT2D eigenvalue weighted by Crippen LogP contribution is 2.39. The fourth-order valence-corrected chi connectivity index (χ4v) is 2.02. The average Bonchev–Trinajstić information content (AvgIpc) is 3.13. The molecule has 6 nitrogen and oxygen atoms in total. The zero-order valence-corrected chi connectivity index (χ0v) is 11.3. The maximum absolute atomic E-state index is 11.9. The Balaban J connectivity index is 2.07. The van der Waals surface area contributed by atoms with Gasteiger partial charge in [0, 0.05) is 18.3 Å². The van der Waals surface area contributed by atoms with Crippen molar-refractivity contribution in [3.8, 4) is 0 Å². The maximum atomic E-state index is 11.9. The number of carboxylic acids is 1. The molecule has 2 amide bonds. The van der Waals surface area contributed by atoms with Gasteiger partial charge in [-0.25, -0.2) is 0 Å². The molecule has 1 aliphatic carbocycles. The molecule has 20 heavy (non-hydrogen) atoms. The van der Waals surface area contributed by atoms with E-state index in [4.69, 9.17) is 5.11 Å². The Morgan fingerprint density at radius 2 is 1.90 bits per heavy atom. The van der Waals surface area contributed by atoms with Crippen LogP contribution in [0.5, 0.6) is 0 Å². The SMILES string of the molecule is CC(=O)Nc1ccc(C)c(NC(=O)[C@@H]2C[C@@H]2C(=O)O)c1. The van der Waals surface area contributed by atoms with Gasteiger partial charge in [0.05, 0.1) is 11.8 Å². The van der Waals surface area contributed by atoms with E-state index in [-0.39, 0.29) is 11.8 Å². The summed E-state index contributed by atoms with van der Waals surface area (Å²) in [5.74, 6) is -2.46. The van der Waals surface area contributed by atoms with E-state index < -0.39 is 17.8 Å². The number of aryl methyl sites for hydroxylation is 1. The van der Waals surface area contributed by atoms with Crippen LogP contribution in [0, 0.1) is 18.8 Å². The van der Waals surface area contributed by atoms with Crippen molar-refractivity contribution in [1.29, 1.82) is 0 Å². The molecule has 0 saturated heterocycles. The normalized spacial score (nSPS) is 20.1. The molecule has 1 aromatic rings. The molecule has 1 fully saturated rings. The predicted molar refractivity (Wildman–Crippen MR) is 73.3 cm³/mol. The number of carbonyl (C=O) groups is 3. The van der Waals surface area contributed by atoms with Crippen LogP contribution in [0.3, 0.4) is 0 Å². The van der Waals surface area contributed by atoms with E-state index in [2.05, 4.69) is 10.6 Å². The lowest BCUT2D eigenvalue weighted by molar-refractivity contribution is -0.139. The summed E-state index contributed by atoms with van der Waals surface area (Å²) in [6.07, 6.45) is 0.381. The first-order valence-corrected chi connectivity index (χ1v) is 6.30. The smallest absolute Gasteiger partial charge is 0.307 e. The molecule has 0 unspecified atom stereocenters. The Bertz CT molecular complexity index is 583. The quantitative estimate of drug-likeness (QED) is 0.778. The number of rotatable bonds is 4. The molecule has 0 aromatic heterocycles. The summed E-state index contributed by atoms with van der Waals surface area (Å²) in [5, 5.41) is 14.2. The molecule has 106 valence electrons. The Kier molecular flexibility index (Phi) is 3.74. The summed E-state index contributed by atoms with van der Waals surface area (Å²) in [6, 6.07) is 5.18. The number of amides is 2. The lowest BCUT2D eigenvalue weighted by Crippen LogP contribution is -2.17. The van der Waals surface area contributed by atoms with Gasteiger partial charge in [-0.2, -0.15) is 0 Å². The molecular formula is C14H16N2O4. The van der Waals surface area contributed by atoms with E-state index >= 15 is 0 Å². The van der Waals surface area contributed by atoms with Crippen LogP contribution in [0.2, 0.25) is 0 Å². The zero-order valence-electron chi connectivity index (χ0n) is 11.3. The van der Waals surface area contributed by atoms with Crippen molar-refractivity contribution in [2.24, 2.45) is 11.8 Å². The van der Waals surface area contributed by atoms with Gasteiger partial charge >= 0.3 is 5.97 Å². The lowest BCUT2D eigenvalue weighted by Gasteiger charge is -2.10. The van der Waals surface area contributed by atoms with Gasteiger partial charge in [-0.15, -0.1) is 0 Å². The van der Waals surface area contributed by atoms with E-state index in [1.54, 1.807) is 18.2 Å². The highest BCUT2D eigenvalue weighted by Gasteiger charge is 2.48. The van der Waals surface area contributed by atoms with Crippen molar-refractivity contribution in [2.45, 2.75) is 20.3 Å². The first-order chi connectivity index (χ1) is 9.38. The molecule has 2 rings (SSSR count). The number of hydrogen-bond acceptors (Lipinski definition) is 3. The van der Waals surface area contributed by atoms with Crippen molar-refractivity contribution < 1.29 is 19.5 Å². The summed E-state index contributed by atoms with van der Waals surface area (Å²) >= 11 is 0. The summed E-state index contributed by atoms with van der Waals surface area (Å²) in [4.78, 5) is 33.7. The summed E-state index contributed by atoms with van der Waals surface area (Å²) in [6.45, 7) is 3.23. The van der Waals surface area contributed by atoms with Crippen LogP contribution in [-0.2, 0) is 14.4 Å². The highest BCUT2D eigenvalue weighted by molar-refractivity contribution is 5.99. The zero-order chi connectivity index (χ0) is 14.9. The first kappa shape index (κ1) is 14.0. The molecule has 0 spiro atoms. The largest absolute Gasteiger partial charge is 0.481 e. The Hall–Kier alpha value is -2.37. The number of carbonyl (C=O) groups excluding carboxylic acids is 2. The van der Waals surface area contributed by atoms with Crippen LogP contribution < -0.4 is 10.6 Å². The summed E-state index contributed by atoms with van der Waals surface area (Å²) in [7, 11) is 0. The minimum atomic E-state index is -0.936. The second-order valence-corrected chi connectivity index (χ2v) is 4.99. The predicted octanol–water partition coefficient (Wildman–Crippen LogP) is 1.61. The maximum Gasteiger partial charge on any atom is 0.307 e. The van der Waals surface area contributed by atoms with Crippen molar-refractivity contribution in [3.63, 3.8) is 0 Å². The van der Waals surface area contributed by atoms with E-state index in [1.165, 1.54) is 6.92 Å². The third kappa shape index (κ3) is 3.14. The monoisotopic (exact) mass is 276 g/mol. The fourth-order valence-electron chi connectivity index (χ4n) is 2.02. The molecule has 1 aromatic carbocycles. The number of carboxylic acid groups (broad SMARTS) is 1. The van der Waals surface area contributed by atoms with Crippen molar-refractivity contribution in [2.75, 3.05) is 10.6 Å². The second kappa shape index (κ2) is 5.32. The fraction of sp³-hybridized carbons (Fsp3) is 0.357. The lowest BCUT2D eigenvalue weighted by atomic mass is 10.1. The molecule has 2 atom stereocenters. The van der Waals surface area contributed by atoms with Gasteiger partial charge in [0.2, 0.25) is 11.8 Å². The molecule has 3 N–H and O–H groups in total. The molecule has 1 aliphatic rings. The van der Waals surface area contributed by atoms with Crippen molar-refractivity contribution >= 4 is 29.2 Å². The summed E-state index contributed by atoms with van der Waals surface area (Å²) < 4.78 is 0. The average molecular weight is 276 g/mol. The van der Waals surface area contributed by atoms with Crippen molar-refractivity contribution in [3.05, 3.63) is 23.8 Å². The van der Waals surface area contributed by atoms with Gasteiger partial charge in [-0.3, -0.25) is 14.4 Å². The Labute approximate surface area is 116 Å². The van der Waals surface area contributed by atoms with Gasteiger partial charge in [0.1, 0.15) is 0 Å². The first-order valence-electron chi connectivity index (χ1n) is 6.30. The van der Waals surface area contributed by atoms with Crippen molar-refractivity contribution in [1.82, 2.24) is 0 Å². The van der Waals surface area contributed by atoms with Crippen LogP contribution in [0.15, 0.2) is 18.2 Å². The Morgan fingerprint density at radius 1 is 1.20 bits per heavy atom.